The first kappa shape index (κ1) is 16.0. The lowest BCUT2D eigenvalue weighted by atomic mass is 10.1. The molecule has 3 aromatic rings. The van der Waals surface area contributed by atoms with E-state index in [4.69, 9.17) is 4.42 Å². The van der Waals surface area contributed by atoms with E-state index < -0.39 is 0 Å². The molecule has 6 heteroatoms. The molecule has 2 aromatic heterocycles. The summed E-state index contributed by atoms with van der Waals surface area (Å²) in [4.78, 5) is 18.4. The van der Waals surface area contributed by atoms with E-state index in [1.165, 1.54) is 6.33 Å². The van der Waals surface area contributed by atoms with Gasteiger partial charge >= 0.3 is 0 Å². The highest BCUT2D eigenvalue weighted by molar-refractivity contribution is 5.95. The summed E-state index contributed by atoms with van der Waals surface area (Å²) in [6.45, 7) is 5.66. The maximum atomic E-state index is 12.7. The lowest BCUT2D eigenvalue weighted by Crippen LogP contribution is -2.29. The number of furan rings is 1. The van der Waals surface area contributed by atoms with Crippen LogP contribution >= 0.6 is 0 Å². The third-order valence-corrected chi connectivity index (χ3v) is 4.23. The molecule has 2 heterocycles. The molecule has 0 fully saturated rings. The van der Waals surface area contributed by atoms with Crippen LogP contribution in [0.3, 0.4) is 0 Å². The van der Waals surface area contributed by atoms with Crippen LogP contribution in [-0.4, -0.2) is 32.6 Å². The average Bonchev–Trinajstić information content (AvgIpc) is 3.22. The van der Waals surface area contributed by atoms with Gasteiger partial charge in [-0.3, -0.25) is 4.79 Å². The van der Waals surface area contributed by atoms with Crippen LogP contribution in [-0.2, 0) is 0 Å². The van der Waals surface area contributed by atoms with Gasteiger partial charge in [0.2, 0.25) is 0 Å². The largest absolute Gasteiger partial charge is 0.466 e. The Hall–Kier alpha value is -2.89. The fraction of sp³-hybridized carbons (Fsp3) is 0.278. The van der Waals surface area contributed by atoms with Crippen molar-refractivity contribution in [2.45, 2.75) is 26.8 Å². The first-order valence-electron chi connectivity index (χ1n) is 7.76. The molecule has 0 spiro atoms. The summed E-state index contributed by atoms with van der Waals surface area (Å²) < 4.78 is 7.16. The molecule has 1 unspecified atom stereocenters. The van der Waals surface area contributed by atoms with Crippen LogP contribution in [0.1, 0.15) is 40.4 Å². The number of aryl methyl sites for hydroxylation is 2. The summed E-state index contributed by atoms with van der Waals surface area (Å²) >= 11 is 0. The Bertz CT molecular complexity index is 835. The van der Waals surface area contributed by atoms with Crippen LogP contribution in [0.25, 0.3) is 5.69 Å². The Morgan fingerprint density at radius 2 is 1.96 bits per heavy atom. The van der Waals surface area contributed by atoms with E-state index in [0.29, 0.717) is 11.3 Å². The second kappa shape index (κ2) is 6.31. The van der Waals surface area contributed by atoms with Crippen molar-refractivity contribution in [3.8, 4) is 5.69 Å². The van der Waals surface area contributed by atoms with Crippen molar-refractivity contribution in [2.75, 3.05) is 7.05 Å². The number of amides is 1. The molecule has 0 aliphatic carbocycles. The Labute approximate surface area is 140 Å². The lowest BCUT2D eigenvalue weighted by Gasteiger charge is -2.25. The monoisotopic (exact) mass is 324 g/mol. The quantitative estimate of drug-likeness (QED) is 0.738. The van der Waals surface area contributed by atoms with E-state index in [2.05, 4.69) is 10.1 Å². The zero-order chi connectivity index (χ0) is 17.3. The average molecular weight is 324 g/mol. The van der Waals surface area contributed by atoms with Gasteiger partial charge in [0.25, 0.3) is 5.91 Å². The molecule has 1 atom stereocenters. The lowest BCUT2D eigenvalue weighted by molar-refractivity contribution is 0.0741. The SMILES string of the molecule is Cc1cc(C(=O)N(C)C(C)c2ccc(-n3cncn3)cc2)c(C)o1. The number of rotatable bonds is 4. The summed E-state index contributed by atoms with van der Waals surface area (Å²) in [5.41, 5.74) is 2.59. The summed E-state index contributed by atoms with van der Waals surface area (Å²) in [5, 5.41) is 4.11. The maximum absolute atomic E-state index is 12.7. The van der Waals surface area contributed by atoms with Crippen LogP contribution in [0, 0.1) is 13.8 Å². The van der Waals surface area contributed by atoms with E-state index >= 15 is 0 Å². The van der Waals surface area contributed by atoms with Gasteiger partial charge in [0.1, 0.15) is 24.2 Å². The predicted octanol–water partition coefficient (Wildman–Crippen LogP) is 3.31. The molecule has 24 heavy (non-hydrogen) atoms. The number of benzene rings is 1. The Morgan fingerprint density at radius 1 is 1.25 bits per heavy atom. The molecule has 0 aliphatic rings. The number of carbonyl (C=O) groups is 1. The Morgan fingerprint density at radius 3 is 2.50 bits per heavy atom. The van der Waals surface area contributed by atoms with E-state index in [1.807, 2.05) is 45.0 Å². The van der Waals surface area contributed by atoms with Crippen molar-refractivity contribution < 1.29 is 9.21 Å². The molecule has 0 radical (unpaired) electrons. The van der Waals surface area contributed by atoms with Crippen molar-refractivity contribution in [3.63, 3.8) is 0 Å². The number of aromatic nitrogens is 3. The summed E-state index contributed by atoms with van der Waals surface area (Å²) in [6.07, 6.45) is 3.15. The minimum Gasteiger partial charge on any atom is -0.466 e. The highest BCUT2D eigenvalue weighted by Gasteiger charge is 2.22. The zero-order valence-corrected chi connectivity index (χ0v) is 14.2. The van der Waals surface area contributed by atoms with Gasteiger partial charge < -0.3 is 9.32 Å². The molecule has 0 aliphatic heterocycles. The first-order chi connectivity index (χ1) is 11.5. The summed E-state index contributed by atoms with van der Waals surface area (Å²) in [6, 6.07) is 9.65. The van der Waals surface area contributed by atoms with Crippen LogP contribution in [0.15, 0.2) is 47.4 Å². The number of nitrogens with zero attached hydrogens (tertiary/aromatic N) is 4. The van der Waals surface area contributed by atoms with Gasteiger partial charge in [0.15, 0.2) is 0 Å². The third-order valence-electron chi connectivity index (χ3n) is 4.23. The standard InChI is InChI=1S/C18H20N4O2/c1-12-9-17(14(3)24-12)18(23)21(4)13(2)15-5-7-16(8-6-15)22-11-19-10-20-22/h5-11,13H,1-4H3. The molecule has 0 N–H and O–H groups in total. The molecule has 0 bridgehead atoms. The molecule has 0 saturated heterocycles. The minimum atomic E-state index is -0.0584. The molecule has 0 saturated carbocycles. The van der Waals surface area contributed by atoms with Crippen molar-refractivity contribution in [3.05, 3.63) is 65.6 Å². The van der Waals surface area contributed by atoms with Gasteiger partial charge in [-0.1, -0.05) is 12.1 Å². The number of hydrogen-bond acceptors (Lipinski definition) is 4. The van der Waals surface area contributed by atoms with E-state index in [0.717, 1.165) is 17.0 Å². The molecule has 1 aromatic carbocycles. The molecule has 1 amide bonds. The maximum Gasteiger partial charge on any atom is 0.257 e. The molecular weight excluding hydrogens is 304 g/mol. The molecular formula is C18H20N4O2. The second-order valence-corrected chi connectivity index (χ2v) is 5.85. The Kier molecular flexibility index (Phi) is 4.20. The van der Waals surface area contributed by atoms with Crippen LogP contribution in [0.5, 0.6) is 0 Å². The van der Waals surface area contributed by atoms with Crippen LogP contribution < -0.4 is 0 Å². The van der Waals surface area contributed by atoms with E-state index in [-0.39, 0.29) is 11.9 Å². The molecule has 6 nitrogen and oxygen atoms in total. The van der Waals surface area contributed by atoms with E-state index in [9.17, 15) is 4.79 Å². The fourth-order valence-electron chi connectivity index (χ4n) is 2.68. The Balaban J connectivity index is 1.79. The summed E-state index contributed by atoms with van der Waals surface area (Å²) in [5.74, 6) is 1.35. The normalized spacial score (nSPS) is 12.2. The predicted molar refractivity (Wildman–Crippen MR) is 90.0 cm³/mol. The first-order valence-corrected chi connectivity index (χ1v) is 7.76. The van der Waals surface area contributed by atoms with Gasteiger partial charge in [-0.25, -0.2) is 9.67 Å². The van der Waals surface area contributed by atoms with Crippen molar-refractivity contribution in [1.29, 1.82) is 0 Å². The molecule has 3 rings (SSSR count). The van der Waals surface area contributed by atoms with Crippen LogP contribution in [0.2, 0.25) is 0 Å². The number of hydrogen-bond donors (Lipinski definition) is 0. The topological polar surface area (TPSA) is 64.2 Å². The highest BCUT2D eigenvalue weighted by atomic mass is 16.3. The van der Waals surface area contributed by atoms with Crippen molar-refractivity contribution in [2.24, 2.45) is 0 Å². The smallest absolute Gasteiger partial charge is 0.257 e. The van der Waals surface area contributed by atoms with Gasteiger partial charge in [-0.05, 0) is 44.5 Å². The summed E-state index contributed by atoms with van der Waals surface area (Å²) in [7, 11) is 1.81. The fourth-order valence-corrected chi connectivity index (χ4v) is 2.68. The van der Waals surface area contributed by atoms with Gasteiger partial charge in [-0.2, -0.15) is 5.10 Å². The van der Waals surface area contributed by atoms with Gasteiger partial charge in [-0.15, -0.1) is 0 Å². The van der Waals surface area contributed by atoms with Gasteiger partial charge in [0.05, 0.1) is 17.3 Å². The number of carbonyl (C=O) groups excluding carboxylic acids is 1. The van der Waals surface area contributed by atoms with E-state index in [1.54, 1.807) is 29.0 Å². The van der Waals surface area contributed by atoms with Gasteiger partial charge in [0, 0.05) is 7.05 Å². The minimum absolute atomic E-state index is 0.0443. The zero-order valence-electron chi connectivity index (χ0n) is 14.2. The second-order valence-electron chi connectivity index (χ2n) is 5.85. The van der Waals surface area contributed by atoms with Crippen LogP contribution in [0.4, 0.5) is 0 Å². The van der Waals surface area contributed by atoms with Crippen molar-refractivity contribution in [1.82, 2.24) is 19.7 Å². The molecule has 124 valence electrons. The highest BCUT2D eigenvalue weighted by Crippen LogP contribution is 2.24. The van der Waals surface area contributed by atoms with Crippen molar-refractivity contribution >= 4 is 5.91 Å². The third kappa shape index (κ3) is 2.95.